The van der Waals surface area contributed by atoms with E-state index in [1.165, 1.54) is 0 Å². The van der Waals surface area contributed by atoms with E-state index in [1.807, 2.05) is 29.2 Å². The van der Waals surface area contributed by atoms with E-state index in [-0.39, 0.29) is 0 Å². The molecule has 0 saturated carbocycles. The standard InChI is InChI=1S/C13H10F3N3/c14-13(15,16)11-5-12(18-8-17-11)19-6-9-3-1-2-4-10(9)7-19/h1-5,8H,6-7H2. The fraction of sp³-hybridized carbons (Fsp3) is 0.231. The number of rotatable bonds is 1. The van der Waals surface area contributed by atoms with Gasteiger partial charge in [-0.05, 0) is 11.1 Å². The van der Waals surface area contributed by atoms with Crippen LogP contribution < -0.4 is 4.90 Å². The van der Waals surface area contributed by atoms with Crippen molar-refractivity contribution in [1.82, 2.24) is 9.97 Å². The Labute approximate surface area is 107 Å². The first kappa shape index (κ1) is 12.0. The molecule has 2 heterocycles. The van der Waals surface area contributed by atoms with Crippen LogP contribution in [-0.4, -0.2) is 9.97 Å². The molecule has 0 amide bonds. The zero-order chi connectivity index (χ0) is 13.5. The predicted octanol–water partition coefficient (Wildman–Crippen LogP) is 3.02. The average molecular weight is 265 g/mol. The van der Waals surface area contributed by atoms with Crippen LogP contribution in [0.1, 0.15) is 16.8 Å². The van der Waals surface area contributed by atoms with Gasteiger partial charge in [0, 0.05) is 19.2 Å². The molecule has 98 valence electrons. The fourth-order valence-electron chi connectivity index (χ4n) is 2.17. The summed E-state index contributed by atoms with van der Waals surface area (Å²) in [6.45, 7) is 1.15. The van der Waals surface area contributed by atoms with E-state index in [0.29, 0.717) is 18.9 Å². The van der Waals surface area contributed by atoms with Gasteiger partial charge in [-0.1, -0.05) is 24.3 Å². The van der Waals surface area contributed by atoms with Crippen molar-refractivity contribution in [3.05, 3.63) is 53.5 Å². The van der Waals surface area contributed by atoms with Crippen molar-refractivity contribution in [2.45, 2.75) is 19.3 Å². The average Bonchev–Trinajstić information content (AvgIpc) is 2.81. The Balaban J connectivity index is 1.90. The minimum Gasteiger partial charge on any atom is -0.348 e. The zero-order valence-corrected chi connectivity index (χ0v) is 9.85. The van der Waals surface area contributed by atoms with Gasteiger partial charge in [0.2, 0.25) is 0 Å². The molecule has 1 aliphatic rings. The van der Waals surface area contributed by atoms with Gasteiger partial charge in [0.1, 0.15) is 17.8 Å². The first-order valence-corrected chi connectivity index (χ1v) is 5.75. The van der Waals surface area contributed by atoms with Crippen molar-refractivity contribution in [1.29, 1.82) is 0 Å². The van der Waals surface area contributed by atoms with Crippen LogP contribution in [0.25, 0.3) is 0 Å². The van der Waals surface area contributed by atoms with Crippen LogP contribution in [-0.2, 0) is 19.3 Å². The van der Waals surface area contributed by atoms with E-state index < -0.39 is 11.9 Å². The van der Waals surface area contributed by atoms with Crippen LogP contribution in [0.15, 0.2) is 36.7 Å². The summed E-state index contributed by atoms with van der Waals surface area (Å²) in [7, 11) is 0. The van der Waals surface area contributed by atoms with Crippen molar-refractivity contribution >= 4 is 5.82 Å². The van der Waals surface area contributed by atoms with E-state index in [4.69, 9.17) is 0 Å². The third-order valence-electron chi connectivity index (χ3n) is 3.11. The number of aromatic nitrogens is 2. The largest absolute Gasteiger partial charge is 0.433 e. The number of halogens is 3. The minimum atomic E-state index is -4.44. The Kier molecular flexibility index (Phi) is 2.66. The van der Waals surface area contributed by atoms with Gasteiger partial charge in [0.05, 0.1) is 0 Å². The maximum atomic E-state index is 12.6. The second kappa shape index (κ2) is 4.22. The summed E-state index contributed by atoms with van der Waals surface area (Å²) in [5.74, 6) is 0.304. The Morgan fingerprint density at radius 2 is 1.63 bits per heavy atom. The van der Waals surface area contributed by atoms with Crippen LogP contribution >= 0.6 is 0 Å². The zero-order valence-electron chi connectivity index (χ0n) is 9.85. The highest BCUT2D eigenvalue weighted by Gasteiger charge is 2.33. The quantitative estimate of drug-likeness (QED) is 0.793. The van der Waals surface area contributed by atoms with Crippen LogP contribution in [0.2, 0.25) is 0 Å². The highest BCUT2D eigenvalue weighted by atomic mass is 19.4. The number of fused-ring (bicyclic) bond motifs is 1. The molecule has 19 heavy (non-hydrogen) atoms. The molecule has 1 aliphatic heterocycles. The lowest BCUT2D eigenvalue weighted by molar-refractivity contribution is -0.141. The van der Waals surface area contributed by atoms with Crippen molar-refractivity contribution < 1.29 is 13.2 Å². The topological polar surface area (TPSA) is 29.0 Å². The van der Waals surface area contributed by atoms with Crippen molar-refractivity contribution in [3.8, 4) is 0 Å². The highest BCUT2D eigenvalue weighted by molar-refractivity contribution is 5.47. The van der Waals surface area contributed by atoms with E-state index in [9.17, 15) is 13.2 Å². The summed E-state index contributed by atoms with van der Waals surface area (Å²) < 4.78 is 37.8. The van der Waals surface area contributed by atoms with Gasteiger partial charge < -0.3 is 4.90 Å². The summed E-state index contributed by atoms with van der Waals surface area (Å²) in [6.07, 6.45) is -3.48. The SMILES string of the molecule is FC(F)(F)c1cc(N2Cc3ccccc3C2)ncn1. The minimum absolute atomic E-state index is 0.304. The molecule has 0 spiro atoms. The summed E-state index contributed by atoms with van der Waals surface area (Å²) in [4.78, 5) is 9.01. The molecule has 1 aromatic heterocycles. The lowest BCUT2D eigenvalue weighted by atomic mass is 10.1. The number of hydrogen-bond acceptors (Lipinski definition) is 3. The van der Waals surface area contributed by atoms with E-state index in [1.54, 1.807) is 0 Å². The van der Waals surface area contributed by atoms with Gasteiger partial charge >= 0.3 is 6.18 Å². The van der Waals surface area contributed by atoms with Crippen LogP contribution in [0.3, 0.4) is 0 Å². The Bertz CT molecular complexity index is 585. The summed E-state index contributed by atoms with van der Waals surface area (Å²) in [5.41, 5.74) is 1.33. The number of hydrogen-bond donors (Lipinski definition) is 0. The molecular formula is C13H10F3N3. The first-order chi connectivity index (χ1) is 9.04. The van der Waals surface area contributed by atoms with Crippen LogP contribution in [0.5, 0.6) is 0 Å². The number of alkyl halides is 3. The second-order valence-corrected chi connectivity index (χ2v) is 4.38. The lowest BCUT2D eigenvalue weighted by Crippen LogP contribution is -2.18. The maximum absolute atomic E-state index is 12.6. The molecule has 0 fully saturated rings. The summed E-state index contributed by atoms with van der Waals surface area (Å²) in [5, 5.41) is 0. The van der Waals surface area contributed by atoms with Crippen molar-refractivity contribution in [3.63, 3.8) is 0 Å². The molecule has 0 aliphatic carbocycles. The Morgan fingerprint density at radius 3 is 2.21 bits per heavy atom. The third-order valence-corrected chi connectivity index (χ3v) is 3.11. The molecule has 3 rings (SSSR count). The molecule has 1 aromatic carbocycles. The molecule has 6 heteroatoms. The van der Waals surface area contributed by atoms with Crippen LogP contribution in [0.4, 0.5) is 19.0 Å². The molecule has 0 N–H and O–H groups in total. The van der Waals surface area contributed by atoms with Crippen molar-refractivity contribution in [2.24, 2.45) is 0 Å². The Hall–Kier alpha value is -2.11. The molecule has 0 bridgehead atoms. The number of anilines is 1. The van der Waals surface area contributed by atoms with Gasteiger partial charge in [0.15, 0.2) is 0 Å². The molecule has 0 radical (unpaired) electrons. The molecule has 0 unspecified atom stereocenters. The Morgan fingerprint density at radius 1 is 1.00 bits per heavy atom. The van der Waals surface area contributed by atoms with Gasteiger partial charge in [-0.3, -0.25) is 0 Å². The smallest absolute Gasteiger partial charge is 0.348 e. The first-order valence-electron chi connectivity index (χ1n) is 5.75. The monoisotopic (exact) mass is 265 g/mol. The van der Waals surface area contributed by atoms with Crippen LogP contribution in [0, 0.1) is 0 Å². The van der Waals surface area contributed by atoms with Gasteiger partial charge in [0.25, 0.3) is 0 Å². The number of benzene rings is 1. The molecule has 3 nitrogen and oxygen atoms in total. The molecule has 0 saturated heterocycles. The number of nitrogens with zero attached hydrogens (tertiary/aromatic N) is 3. The highest BCUT2D eigenvalue weighted by Crippen LogP contribution is 2.31. The van der Waals surface area contributed by atoms with Gasteiger partial charge in [-0.15, -0.1) is 0 Å². The molecule has 2 aromatic rings. The summed E-state index contributed by atoms with van der Waals surface area (Å²) in [6, 6.07) is 8.78. The van der Waals surface area contributed by atoms with E-state index >= 15 is 0 Å². The third kappa shape index (κ3) is 2.25. The maximum Gasteiger partial charge on any atom is 0.433 e. The normalized spacial score (nSPS) is 14.6. The summed E-state index contributed by atoms with van der Waals surface area (Å²) >= 11 is 0. The van der Waals surface area contributed by atoms with E-state index in [2.05, 4.69) is 9.97 Å². The van der Waals surface area contributed by atoms with E-state index in [0.717, 1.165) is 23.5 Å². The predicted molar refractivity (Wildman–Crippen MR) is 63.4 cm³/mol. The second-order valence-electron chi connectivity index (χ2n) is 4.38. The van der Waals surface area contributed by atoms with Crippen molar-refractivity contribution in [2.75, 3.05) is 4.90 Å². The molecule has 0 atom stereocenters. The fourth-order valence-corrected chi connectivity index (χ4v) is 2.17. The van der Waals surface area contributed by atoms with Gasteiger partial charge in [-0.25, -0.2) is 9.97 Å². The lowest BCUT2D eigenvalue weighted by Gasteiger charge is -2.17. The molecular weight excluding hydrogens is 255 g/mol. The van der Waals surface area contributed by atoms with Gasteiger partial charge in [-0.2, -0.15) is 13.2 Å².